The third kappa shape index (κ3) is 5.55. The van der Waals surface area contributed by atoms with Gasteiger partial charge in [0, 0.05) is 21.8 Å². The molecule has 0 aliphatic heterocycles. The molecule has 0 fully saturated rings. The van der Waals surface area contributed by atoms with Crippen LogP contribution in [0.3, 0.4) is 0 Å². The Morgan fingerprint density at radius 2 is 1.63 bits per heavy atom. The number of hydrogen-bond donors (Lipinski definition) is 2. The molecule has 3 aromatic carbocycles. The molecule has 3 rings (SSSR count). The Morgan fingerprint density at radius 1 is 0.933 bits per heavy atom. The van der Waals surface area contributed by atoms with Crippen LogP contribution in [0.1, 0.15) is 15.9 Å². The summed E-state index contributed by atoms with van der Waals surface area (Å²) in [7, 11) is 0. The first-order valence-electron chi connectivity index (χ1n) is 8.91. The zero-order chi connectivity index (χ0) is 21.5. The molecule has 0 saturated carbocycles. The van der Waals surface area contributed by atoms with Crippen molar-refractivity contribution in [2.75, 3.05) is 17.2 Å². The number of hydrogen-bond acceptors (Lipinski definition) is 4. The van der Waals surface area contributed by atoms with Gasteiger partial charge in [0.2, 0.25) is 5.91 Å². The predicted octanol–water partition coefficient (Wildman–Crippen LogP) is 5.22. The number of alkyl halides is 2. The number of benzene rings is 3. The zero-order valence-electron chi connectivity index (χ0n) is 15.6. The number of nitrogens with one attached hydrogen (secondary N) is 2. The van der Waals surface area contributed by atoms with E-state index >= 15 is 0 Å². The summed E-state index contributed by atoms with van der Waals surface area (Å²) < 4.78 is 29.4. The number of carbonyl (C=O) groups is 2. The molecule has 3 aromatic rings. The van der Waals surface area contributed by atoms with E-state index in [-0.39, 0.29) is 23.8 Å². The van der Waals surface area contributed by atoms with E-state index in [1.54, 1.807) is 48.5 Å². The third-order valence-electron chi connectivity index (χ3n) is 4.08. The Labute approximate surface area is 176 Å². The van der Waals surface area contributed by atoms with E-state index in [4.69, 9.17) is 11.6 Å². The van der Waals surface area contributed by atoms with Crippen LogP contribution in [0.5, 0.6) is 5.75 Å². The number of halogens is 3. The second kappa shape index (κ2) is 9.84. The lowest BCUT2D eigenvalue weighted by Crippen LogP contribution is -2.23. The molecule has 1 amide bonds. The van der Waals surface area contributed by atoms with E-state index in [0.717, 1.165) is 0 Å². The first-order valence-corrected chi connectivity index (χ1v) is 9.28. The molecule has 0 spiro atoms. The van der Waals surface area contributed by atoms with E-state index < -0.39 is 12.5 Å². The van der Waals surface area contributed by atoms with Crippen molar-refractivity contribution in [3.05, 3.63) is 88.9 Å². The molecule has 30 heavy (non-hydrogen) atoms. The van der Waals surface area contributed by atoms with Gasteiger partial charge in [-0.1, -0.05) is 54.1 Å². The van der Waals surface area contributed by atoms with Crippen molar-refractivity contribution in [1.29, 1.82) is 0 Å². The fourth-order valence-corrected chi connectivity index (χ4v) is 2.91. The molecule has 0 heterocycles. The highest BCUT2D eigenvalue weighted by molar-refractivity contribution is 6.31. The van der Waals surface area contributed by atoms with Gasteiger partial charge in [-0.05, 0) is 30.3 Å². The lowest BCUT2D eigenvalue weighted by atomic mass is 10.0. The Morgan fingerprint density at radius 3 is 2.37 bits per heavy atom. The summed E-state index contributed by atoms with van der Waals surface area (Å²) in [5, 5.41) is 5.78. The maximum atomic E-state index is 12.8. The highest BCUT2D eigenvalue weighted by Crippen LogP contribution is 2.26. The first-order chi connectivity index (χ1) is 14.4. The molecule has 8 heteroatoms. The van der Waals surface area contributed by atoms with Gasteiger partial charge in [0.05, 0.1) is 12.2 Å². The van der Waals surface area contributed by atoms with Crippen LogP contribution >= 0.6 is 11.6 Å². The van der Waals surface area contributed by atoms with Crippen LogP contribution in [-0.4, -0.2) is 24.8 Å². The average Bonchev–Trinajstić information content (AvgIpc) is 2.74. The van der Waals surface area contributed by atoms with Crippen LogP contribution in [-0.2, 0) is 4.79 Å². The van der Waals surface area contributed by atoms with Crippen LogP contribution in [0.2, 0.25) is 5.02 Å². The summed E-state index contributed by atoms with van der Waals surface area (Å²) in [6, 6.07) is 19.2. The van der Waals surface area contributed by atoms with E-state index in [1.807, 2.05) is 0 Å². The van der Waals surface area contributed by atoms with Gasteiger partial charge in [0.1, 0.15) is 5.75 Å². The summed E-state index contributed by atoms with van der Waals surface area (Å²) in [5.41, 5.74) is 1.31. The minimum absolute atomic E-state index is 0.112. The Bertz CT molecular complexity index is 1050. The molecule has 0 aliphatic carbocycles. The van der Waals surface area contributed by atoms with Gasteiger partial charge in [0.15, 0.2) is 5.78 Å². The summed E-state index contributed by atoms with van der Waals surface area (Å²) in [5.74, 6) is -0.905. The number of carbonyl (C=O) groups excluding carboxylic acids is 2. The van der Waals surface area contributed by atoms with Gasteiger partial charge in [0.25, 0.3) is 0 Å². The van der Waals surface area contributed by atoms with Gasteiger partial charge in [-0.2, -0.15) is 8.78 Å². The largest absolute Gasteiger partial charge is 0.433 e. The van der Waals surface area contributed by atoms with Crippen LogP contribution in [0.4, 0.5) is 20.2 Å². The van der Waals surface area contributed by atoms with Crippen molar-refractivity contribution in [3.63, 3.8) is 0 Å². The Balaban J connectivity index is 1.72. The van der Waals surface area contributed by atoms with Gasteiger partial charge < -0.3 is 15.4 Å². The molecule has 0 unspecified atom stereocenters. The molecular formula is C22H17ClF2N2O3. The van der Waals surface area contributed by atoms with E-state index in [1.165, 1.54) is 24.3 Å². The minimum Gasteiger partial charge on any atom is -0.433 e. The maximum absolute atomic E-state index is 12.8. The van der Waals surface area contributed by atoms with Gasteiger partial charge in [-0.15, -0.1) is 0 Å². The van der Waals surface area contributed by atoms with Gasteiger partial charge in [-0.3, -0.25) is 9.59 Å². The van der Waals surface area contributed by atoms with Crippen molar-refractivity contribution < 1.29 is 23.1 Å². The molecule has 0 bridgehead atoms. The minimum atomic E-state index is -3.01. The molecular weight excluding hydrogens is 414 g/mol. The summed E-state index contributed by atoms with van der Waals surface area (Å²) >= 11 is 6.04. The molecule has 0 radical (unpaired) electrons. The third-order valence-corrected chi connectivity index (χ3v) is 4.31. The van der Waals surface area contributed by atoms with Crippen molar-refractivity contribution in [2.24, 2.45) is 0 Å². The van der Waals surface area contributed by atoms with Crippen LogP contribution in [0.25, 0.3) is 0 Å². The number of anilines is 2. The lowest BCUT2D eigenvalue weighted by Gasteiger charge is -2.14. The van der Waals surface area contributed by atoms with Crippen molar-refractivity contribution >= 4 is 34.7 Å². The number of para-hydroxylation sites is 2. The topological polar surface area (TPSA) is 67.4 Å². The molecule has 0 aromatic heterocycles. The number of ether oxygens (including phenoxy) is 1. The van der Waals surface area contributed by atoms with E-state index in [0.29, 0.717) is 21.8 Å². The quantitative estimate of drug-likeness (QED) is 0.481. The Hall–Kier alpha value is -3.45. The summed E-state index contributed by atoms with van der Waals surface area (Å²) in [6.45, 7) is -3.22. The molecule has 154 valence electrons. The molecule has 2 N–H and O–H groups in total. The fourth-order valence-electron chi connectivity index (χ4n) is 2.74. The van der Waals surface area contributed by atoms with Crippen molar-refractivity contribution in [3.8, 4) is 5.75 Å². The van der Waals surface area contributed by atoms with E-state index in [9.17, 15) is 18.4 Å². The second-order valence-electron chi connectivity index (χ2n) is 6.16. The molecule has 0 saturated heterocycles. The zero-order valence-corrected chi connectivity index (χ0v) is 16.3. The van der Waals surface area contributed by atoms with Gasteiger partial charge in [-0.25, -0.2) is 0 Å². The predicted molar refractivity (Wildman–Crippen MR) is 112 cm³/mol. The number of rotatable bonds is 8. The first kappa shape index (κ1) is 21.3. The number of amides is 1. The summed E-state index contributed by atoms with van der Waals surface area (Å²) in [6.07, 6.45) is 0. The van der Waals surface area contributed by atoms with Crippen LogP contribution < -0.4 is 15.4 Å². The second-order valence-corrected chi connectivity index (χ2v) is 6.60. The summed E-state index contributed by atoms with van der Waals surface area (Å²) in [4.78, 5) is 25.1. The van der Waals surface area contributed by atoms with Crippen LogP contribution in [0, 0.1) is 0 Å². The van der Waals surface area contributed by atoms with Crippen molar-refractivity contribution in [1.82, 2.24) is 0 Å². The molecule has 5 nitrogen and oxygen atoms in total. The normalized spacial score (nSPS) is 10.5. The maximum Gasteiger partial charge on any atom is 0.387 e. The monoisotopic (exact) mass is 430 g/mol. The van der Waals surface area contributed by atoms with Gasteiger partial charge >= 0.3 is 6.61 Å². The lowest BCUT2D eigenvalue weighted by molar-refractivity contribution is -0.114. The fraction of sp³-hybridized carbons (Fsp3) is 0.0909. The number of ketones is 1. The SMILES string of the molecule is O=C(CNc1ccc(Cl)cc1C(=O)c1ccccc1)Nc1ccccc1OC(F)F. The standard InChI is InChI=1S/C22H17ClF2N2O3/c23-15-10-11-17(16(12-15)21(29)14-6-2-1-3-7-14)26-13-20(28)27-18-8-4-5-9-19(18)30-22(24)25/h1-12,22,26H,13H2,(H,27,28). The van der Waals surface area contributed by atoms with Crippen LogP contribution in [0.15, 0.2) is 72.8 Å². The highest BCUT2D eigenvalue weighted by atomic mass is 35.5. The highest BCUT2D eigenvalue weighted by Gasteiger charge is 2.16. The molecule has 0 atom stereocenters. The smallest absolute Gasteiger partial charge is 0.387 e. The molecule has 0 aliphatic rings. The Kier molecular flexibility index (Phi) is 6.98. The van der Waals surface area contributed by atoms with E-state index in [2.05, 4.69) is 15.4 Å². The van der Waals surface area contributed by atoms with Crippen molar-refractivity contribution in [2.45, 2.75) is 6.61 Å². The average molecular weight is 431 g/mol.